The van der Waals surface area contributed by atoms with Crippen molar-refractivity contribution in [3.63, 3.8) is 0 Å². The first-order chi connectivity index (χ1) is 6.11. The lowest BCUT2D eigenvalue weighted by Gasteiger charge is -2.12. The molecule has 2 aromatic heterocycles. The molecular weight excluding hydrogens is 170 g/mol. The molecule has 5 heteroatoms. The van der Waals surface area contributed by atoms with Crippen LogP contribution in [0.5, 0.6) is 5.75 Å². The number of aromatic hydroxyl groups is 1. The van der Waals surface area contributed by atoms with Crippen LogP contribution in [0, 0.1) is 0 Å². The lowest BCUT2D eigenvalue weighted by Crippen LogP contribution is -2.23. The maximum absolute atomic E-state index is 9.44. The Balaban J connectivity index is 2.74. The molecule has 0 spiro atoms. The van der Waals surface area contributed by atoms with Crippen molar-refractivity contribution >= 4 is 17.0 Å². The van der Waals surface area contributed by atoms with Crippen molar-refractivity contribution in [1.82, 2.24) is 4.68 Å². The van der Waals surface area contributed by atoms with Crippen LogP contribution in [0.3, 0.4) is 0 Å². The van der Waals surface area contributed by atoms with Gasteiger partial charge in [-0.15, -0.1) is 0 Å². The Morgan fingerprint density at radius 2 is 2.23 bits per heavy atom. The van der Waals surface area contributed by atoms with Gasteiger partial charge >= 0.3 is 0 Å². The van der Waals surface area contributed by atoms with Crippen LogP contribution in [0.25, 0.3) is 11.1 Å². The van der Waals surface area contributed by atoms with Crippen LogP contribution in [-0.2, 0) is 0 Å². The maximum Gasteiger partial charge on any atom is 0.236 e. The molecule has 0 saturated carbocycles. The summed E-state index contributed by atoms with van der Waals surface area (Å²) in [7, 11) is 3.74. The van der Waals surface area contributed by atoms with E-state index in [9.17, 15) is 5.11 Å². The number of nitrogen functional groups attached to an aromatic ring is 1. The normalized spacial score (nSPS) is 10.9. The van der Waals surface area contributed by atoms with Crippen molar-refractivity contribution in [1.29, 1.82) is 0 Å². The molecule has 0 aliphatic carbocycles. The molecule has 70 valence electrons. The first-order valence-electron chi connectivity index (χ1n) is 3.87. The topological polar surface area (TPSA) is 67.6 Å². The van der Waals surface area contributed by atoms with Gasteiger partial charge in [-0.05, 0) is 6.07 Å². The second kappa shape index (κ2) is 2.35. The van der Waals surface area contributed by atoms with Crippen LogP contribution in [0.4, 0.5) is 5.88 Å². The van der Waals surface area contributed by atoms with Crippen LogP contribution < -0.4 is 10.7 Å². The van der Waals surface area contributed by atoms with Gasteiger partial charge in [0.25, 0.3) is 0 Å². The standard InChI is InChI=1S/C8H11N3O2/c1-10(2)11-4-3-5-6(12)7(9)13-8(5)11/h3-4,12H,9H2,1-2H3. The molecule has 0 atom stereocenters. The molecule has 3 N–H and O–H groups in total. The van der Waals surface area contributed by atoms with Gasteiger partial charge in [0.1, 0.15) is 0 Å². The van der Waals surface area contributed by atoms with Crippen LogP contribution >= 0.6 is 0 Å². The fourth-order valence-corrected chi connectivity index (χ4v) is 1.29. The van der Waals surface area contributed by atoms with E-state index in [1.54, 1.807) is 16.9 Å². The summed E-state index contributed by atoms with van der Waals surface area (Å²) in [6.45, 7) is 0. The first-order valence-corrected chi connectivity index (χ1v) is 3.87. The molecule has 0 aromatic carbocycles. The monoisotopic (exact) mass is 181 g/mol. The van der Waals surface area contributed by atoms with Crippen molar-refractivity contribution in [3.05, 3.63) is 12.3 Å². The van der Waals surface area contributed by atoms with Crippen LogP contribution in [0.1, 0.15) is 0 Å². The fraction of sp³-hybridized carbons (Fsp3) is 0.250. The summed E-state index contributed by atoms with van der Waals surface area (Å²) in [5.74, 6) is 0.0665. The molecule has 5 nitrogen and oxygen atoms in total. The predicted molar refractivity (Wildman–Crippen MR) is 50.3 cm³/mol. The highest BCUT2D eigenvalue weighted by Crippen LogP contribution is 2.34. The van der Waals surface area contributed by atoms with Crippen molar-refractivity contribution in [2.24, 2.45) is 0 Å². The number of hydrogen-bond donors (Lipinski definition) is 2. The third-order valence-corrected chi connectivity index (χ3v) is 1.95. The van der Waals surface area contributed by atoms with Crippen molar-refractivity contribution in [2.45, 2.75) is 0 Å². The largest absolute Gasteiger partial charge is 0.503 e. The number of hydrogen-bond acceptors (Lipinski definition) is 4. The minimum Gasteiger partial charge on any atom is -0.503 e. The van der Waals surface area contributed by atoms with Gasteiger partial charge in [-0.3, -0.25) is 0 Å². The Kier molecular flexibility index (Phi) is 1.42. The highest BCUT2D eigenvalue weighted by Gasteiger charge is 2.14. The van der Waals surface area contributed by atoms with E-state index < -0.39 is 0 Å². The number of anilines is 1. The van der Waals surface area contributed by atoms with Gasteiger partial charge in [0, 0.05) is 20.3 Å². The summed E-state index contributed by atoms with van der Waals surface area (Å²) in [5.41, 5.74) is 5.97. The Hall–Kier alpha value is -1.78. The van der Waals surface area contributed by atoms with E-state index in [4.69, 9.17) is 10.2 Å². The van der Waals surface area contributed by atoms with E-state index in [2.05, 4.69) is 0 Å². The predicted octanol–water partition coefficient (Wildman–Crippen LogP) is 0.720. The van der Waals surface area contributed by atoms with Gasteiger partial charge in [0.15, 0.2) is 5.75 Å². The van der Waals surface area contributed by atoms with Gasteiger partial charge in [-0.2, -0.15) is 0 Å². The molecule has 0 bridgehead atoms. The average molecular weight is 181 g/mol. The first kappa shape index (κ1) is 7.85. The third kappa shape index (κ3) is 0.932. The molecule has 0 unspecified atom stereocenters. The fourth-order valence-electron chi connectivity index (χ4n) is 1.29. The van der Waals surface area contributed by atoms with Crippen molar-refractivity contribution in [3.8, 4) is 5.75 Å². The SMILES string of the molecule is CN(C)n1ccc2c(O)c(N)oc21. The van der Waals surface area contributed by atoms with E-state index in [1.807, 2.05) is 19.1 Å². The number of fused-ring (bicyclic) bond motifs is 1. The minimum absolute atomic E-state index is 0.00981. The lowest BCUT2D eigenvalue weighted by atomic mass is 10.4. The Labute approximate surface area is 74.9 Å². The molecule has 2 heterocycles. The molecule has 0 amide bonds. The smallest absolute Gasteiger partial charge is 0.236 e. The van der Waals surface area contributed by atoms with E-state index >= 15 is 0 Å². The molecule has 0 saturated heterocycles. The maximum atomic E-state index is 9.44. The lowest BCUT2D eigenvalue weighted by molar-refractivity contribution is 0.470. The van der Waals surface area contributed by atoms with E-state index in [-0.39, 0.29) is 11.6 Å². The Morgan fingerprint density at radius 3 is 2.85 bits per heavy atom. The van der Waals surface area contributed by atoms with Gasteiger partial charge in [-0.25, -0.2) is 4.68 Å². The molecule has 0 aliphatic rings. The van der Waals surface area contributed by atoms with Gasteiger partial charge in [-0.1, -0.05) is 0 Å². The van der Waals surface area contributed by atoms with Crippen molar-refractivity contribution in [2.75, 3.05) is 24.8 Å². The quantitative estimate of drug-likeness (QED) is 0.680. The summed E-state index contributed by atoms with van der Waals surface area (Å²) < 4.78 is 6.94. The van der Waals surface area contributed by atoms with Crippen LogP contribution in [0.2, 0.25) is 0 Å². The van der Waals surface area contributed by atoms with Gasteiger partial charge < -0.3 is 20.3 Å². The zero-order valence-electron chi connectivity index (χ0n) is 7.48. The molecule has 2 aromatic rings. The minimum atomic E-state index is 0.00981. The second-order valence-electron chi connectivity index (χ2n) is 3.04. The highest BCUT2D eigenvalue weighted by molar-refractivity contribution is 5.87. The van der Waals surface area contributed by atoms with Crippen LogP contribution in [-0.4, -0.2) is 23.9 Å². The highest BCUT2D eigenvalue weighted by atomic mass is 16.4. The third-order valence-electron chi connectivity index (χ3n) is 1.95. The zero-order chi connectivity index (χ0) is 9.59. The molecule has 13 heavy (non-hydrogen) atoms. The summed E-state index contributed by atoms with van der Waals surface area (Å²) >= 11 is 0. The van der Waals surface area contributed by atoms with Crippen LogP contribution in [0.15, 0.2) is 16.7 Å². The molecule has 0 aliphatic heterocycles. The average Bonchev–Trinajstić information content (AvgIpc) is 2.55. The number of nitrogens with two attached hydrogens (primary N) is 1. The second-order valence-corrected chi connectivity index (χ2v) is 3.04. The van der Waals surface area contributed by atoms with E-state index in [0.29, 0.717) is 11.1 Å². The molecule has 0 fully saturated rings. The summed E-state index contributed by atoms with van der Waals surface area (Å²) in [5, 5.41) is 11.9. The number of nitrogens with zero attached hydrogens (tertiary/aromatic N) is 2. The Morgan fingerprint density at radius 1 is 1.54 bits per heavy atom. The zero-order valence-corrected chi connectivity index (χ0v) is 7.48. The Bertz CT molecular complexity index is 441. The number of rotatable bonds is 1. The molecular formula is C8H11N3O2. The van der Waals surface area contributed by atoms with Gasteiger partial charge in [0.2, 0.25) is 11.6 Å². The van der Waals surface area contributed by atoms with Crippen molar-refractivity contribution < 1.29 is 9.52 Å². The molecule has 2 rings (SSSR count). The number of furan rings is 1. The van der Waals surface area contributed by atoms with E-state index in [1.165, 1.54) is 0 Å². The summed E-state index contributed by atoms with van der Waals surface area (Å²) in [6, 6.07) is 1.75. The summed E-state index contributed by atoms with van der Waals surface area (Å²) in [6.07, 6.45) is 1.80. The van der Waals surface area contributed by atoms with E-state index in [0.717, 1.165) is 0 Å². The molecule has 0 radical (unpaired) electrons. The number of aromatic nitrogens is 1. The summed E-state index contributed by atoms with van der Waals surface area (Å²) in [4.78, 5) is 0. The van der Waals surface area contributed by atoms with Gasteiger partial charge in [0.05, 0.1) is 5.39 Å².